The normalized spacial score (nSPS) is 13.4. The number of aliphatic carboxylic acids is 1. The Bertz CT molecular complexity index is 823. The van der Waals surface area contributed by atoms with Gasteiger partial charge in [-0.1, -0.05) is 30.3 Å². The van der Waals surface area contributed by atoms with Crippen LogP contribution < -0.4 is 0 Å². The lowest BCUT2D eigenvalue weighted by Gasteiger charge is -2.20. The van der Waals surface area contributed by atoms with Gasteiger partial charge in [-0.2, -0.15) is 0 Å². The van der Waals surface area contributed by atoms with Gasteiger partial charge in [0.1, 0.15) is 12.2 Å². The van der Waals surface area contributed by atoms with Crippen molar-refractivity contribution in [3.05, 3.63) is 58.4 Å². The fraction of sp³-hybridized carbons (Fsp3) is 0.316. The average Bonchev–Trinajstić information content (AvgIpc) is 2.92. The van der Waals surface area contributed by atoms with Crippen molar-refractivity contribution in [2.75, 3.05) is 6.54 Å². The third-order valence-corrected chi connectivity index (χ3v) is 4.48. The fourth-order valence-electron chi connectivity index (χ4n) is 3.31. The van der Waals surface area contributed by atoms with E-state index >= 15 is 0 Å². The molecule has 0 atom stereocenters. The number of nitrogens with one attached hydrogen (secondary N) is 1. The minimum Gasteiger partial charge on any atom is -0.480 e. The van der Waals surface area contributed by atoms with Gasteiger partial charge in [-0.05, 0) is 30.9 Å². The number of hydrogen-bond acceptors (Lipinski definition) is 3. The van der Waals surface area contributed by atoms with Crippen molar-refractivity contribution in [3.63, 3.8) is 0 Å². The molecule has 2 N–H and O–H groups in total. The van der Waals surface area contributed by atoms with Crippen molar-refractivity contribution < 1.29 is 19.5 Å². The fourth-order valence-corrected chi connectivity index (χ4v) is 3.31. The van der Waals surface area contributed by atoms with Gasteiger partial charge in [0, 0.05) is 24.2 Å². The number of nitrogens with zero attached hydrogens (tertiary/aromatic N) is 1. The zero-order valence-electron chi connectivity index (χ0n) is 14.0. The van der Waals surface area contributed by atoms with Gasteiger partial charge >= 0.3 is 5.97 Å². The van der Waals surface area contributed by atoms with E-state index in [0.717, 1.165) is 24.1 Å². The Kier molecular flexibility index (Phi) is 4.70. The SMILES string of the molecule is Cc1c(C(=O)N(CC(=O)O)Cc2ccccc2)[nH]c2c1C(=O)CCC2. The molecule has 0 fully saturated rings. The molecule has 2 aromatic rings. The Labute approximate surface area is 145 Å². The van der Waals surface area contributed by atoms with E-state index in [4.69, 9.17) is 0 Å². The summed E-state index contributed by atoms with van der Waals surface area (Å²) in [6, 6.07) is 9.24. The molecule has 0 bridgehead atoms. The monoisotopic (exact) mass is 340 g/mol. The summed E-state index contributed by atoms with van der Waals surface area (Å²) in [6.07, 6.45) is 1.98. The van der Waals surface area contributed by atoms with Gasteiger partial charge in [0.2, 0.25) is 0 Å². The first-order chi connectivity index (χ1) is 12.0. The van der Waals surface area contributed by atoms with Crippen LogP contribution in [0, 0.1) is 6.92 Å². The maximum Gasteiger partial charge on any atom is 0.323 e. The molecule has 1 heterocycles. The number of carboxylic acid groups (broad SMARTS) is 1. The number of H-pyrrole nitrogens is 1. The smallest absolute Gasteiger partial charge is 0.323 e. The maximum atomic E-state index is 13.0. The van der Waals surface area contributed by atoms with E-state index in [2.05, 4.69) is 4.98 Å². The van der Waals surface area contributed by atoms with Gasteiger partial charge in [0.05, 0.1) is 0 Å². The van der Waals surface area contributed by atoms with Crippen LogP contribution in [0.2, 0.25) is 0 Å². The number of fused-ring (bicyclic) bond motifs is 1. The van der Waals surface area contributed by atoms with Crippen molar-refractivity contribution in [2.45, 2.75) is 32.7 Å². The number of carbonyl (C=O) groups is 3. The van der Waals surface area contributed by atoms with Gasteiger partial charge in [0.25, 0.3) is 5.91 Å². The number of ketones is 1. The number of hydrogen-bond donors (Lipinski definition) is 2. The molecule has 1 aromatic heterocycles. The first-order valence-electron chi connectivity index (χ1n) is 8.27. The van der Waals surface area contributed by atoms with Crippen LogP contribution in [0.4, 0.5) is 0 Å². The molecule has 1 aromatic carbocycles. The molecule has 1 aliphatic rings. The Morgan fingerprint density at radius 2 is 1.92 bits per heavy atom. The second-order valence-electron chi connectivity index (χ2n) is 6.30. The summed E-state index contributed by atoms with van der Waals surface area (Å²) in [6.45, 7) is 1.54. The van der Waals surface area contributed by atoms with Crippen molar-refractivity contribution >= 4 is 17.7 Å². The minimum absolute atomic E-state index is 0.0434. The van der Waals surface area contributed by atoms with E-state index in [1.807, 2.05) is 30.3 Å². The number of aromatic amines is 1. The molecule has 6 heteroatoms. The summed E-state index contributed by atoms with van der Waals surface area (Å²) < 4.78 is 0. The Morgan fingerprint density at radius 3 is 2.56 bits per heavy atom. The third kappa shape index (κ3) is 3.47. The van der Waals surface area contributed by atoms with E-state index in [9.17, 15) is 19.5 Å². The molecule has 0 radical (unpaired) electrons. The zero-order chi connectivity index (χ0) is 18.0. The first-order valence-corrected chi connectivity index (χ1v) is 8.27. The highest BCUT2D eigenvalue weighted by atomic mass is 16.4. The molecule has 130 valence electrons. The van der Waals surface area contributed by atoms with Crippen molar-refractivity contribution in [3.8, 4) is 0 Å². The lowest BCUT2D eigenvalue weighted by Crippen LogP contribution is -2.35. The van der Waals surface area contributed by atoms with Crippen LogP contribution in [0.15, 0.2) is 30.3 Å². The summed E-state index contributed by atoms with van der Waals surface area (Å²) in [5, 5.41) is 9.17. The molecule has 0 spiro atoms. The molecule has 0 saturated carbocycles. The number of amides is 1. The van der Waals surface area contributed by atoms with Crippen molar-refractivity contribution in [1.29, 1.82) is 0 Å². The zero-order valence-corrected chi connectivity index (χ0v) is 14.0. The number of aromatic nitrogens is 1. The number of rotatable bonds is 5. The number of benzene rings is 1. The van der Waals surface area contributed by atoms with Gasteiger partial charge in [-0.25, -0.2) is 0 Å². The predicted octanol–water partition coefficient (Wildman–Crippen LogP) is 2.57. The third-order valence-electron chi connectivity index (χ3n) is 4.48. The van der Waals surface area contributed by atoms with Gasteiger partial charge < -0.3 is 15.0 Å². The van der Waals surface area contributed by atoms with Crippen molar-refractivity contribution in [1.82, 2.24) is 9.88 Å². The highest BCUT2D eigenvalue weighted by Crippen LogP contribution is 2.27. The Morgan fingerprint density at radius 1 is 1.20 bits per heavy atom. The lowest BCUT2D eigenvalue weighted by atomic mass is 9.93. The molecule has 6 nitrogen and oxygen atoms in total. The molecule has 25 heavy (non-hydrogen) atoms. The molecule has 3 rings (SSSR count). The van der Waals surface area contributed by atoms with Gasteiger partial charge in [0.15, 0.2) is 5.78 Å². The highest BCUT2D eigenvalue weighted by molar-refractivity contribution is 6.04. The first kappa shape index (κ1) is 17.0. The van der Waals surface area contributed by atoms with Gasteiger partial charge in [-0.3, -0.25) is 14.4 Å². The minimum atomic E-state index is -1.07. The van der Waals surface area contributed by atoms with Crippen LogP contribution in [0.3, 0.4) is 0 Å². The van der Waals surface area contributed by atoms with Crippen LogP contribution in [-0.4, -0.2) is 39.2 Å². The van der Waals surface area contributed by atoms with Crippen LogP contribution in [-0.2, 0) is 17.8 Å². The molecule has 0 saturated heterocycles. The average molecular weight is 340 g/mol. The summed E-state index contributed by atoms with van der Waals surface area (Å²) in [7, 11) is 0. The van der Waals surface area contributed by atoms with E-state index in [1.165, 1.54) is 4.90 Å². The quantitative estimate of drug-likeness (QED) is 0.875. The van der Waals surface area contributed by atoms with Crippen molar-refractivity contribution in [2.24, 2.45) is 0 Å². The van der Waals surface area contributed by atoms with Crippen LogP contribution >= 0.6 is 0 Å². The Hall–Kier alpha value is -2.89. The predicted molar refractivity (Wildman–Crippen MR) is 91.6 cm³/mol. The van der Waals surface area contributed by atoms with E-state index in [0.29, 0.717) is 23.2 Å². The molecular weight excluding hydrogens is 320 g/mol. The number of aryl methyl sites for hydroxylation is 1. The van der Waals surface area contributed by atoms with Gasteiger partial charge in [-0.15, -0.1) is 0 Å². The lowest BCUT2D eigenvalue weighted by molar-refractivity contribution is -0.137. The summed E-state index contributed by atoms with van der Waals surface area (Å²) >= 11 is 0. The van der Waals surface area contributed by atoms with E-state index in [1.54, 1.807) is 6.92 Å². The maximum absolute atomic E-state index is 13.0. The van der Waals surface area contributed by atoms with E-state index in [-0.39, 0.29) is 12.3 Å². The molecule has 0 aliphatic heterocycles. The van der Waals surface area contributed by atoms with E-state index < -0.39 is 18.4 Å². The Balaban J connectivity index is 1.92. The summed E-state index contributed by atoms with van der Waals surface area (Å²) in [4.78, 5) is 40.7. The standard InChI is InChI=1S/C19H20N2O4/c1-12-17-14(8-5-9-15(17)22)20-18(12)19(25)21(11-16(23)24)10-13-6-3-2-4-7-13/h2-4,6-7,20H,5,8-11H2,1H3,(H,23,24). The number of Topliss-reactive ketones (excluding diaryl/α,β-unsaturated/α-hetero) is 1. The molecular formula is C19H20N2O4. The largest absolute Gasteiger partial charge is 0.480 e. The second-order valence-corrected chi connectivity index (χ2v) is 6.30. The number of carboxylic acids is 1. The highest BCUT2D eigenvalue weighted by Gasteiger charge is 2.29. The summed E-state index contributed by atoms with van der Waals surface area (Å²) in [5.74, 6) is -1.43. The van der Waals surface area contributed by atoms with Crippen LogP contribution in [0.25, 0.3) is 0 Å². The van der Waals surface area contributed by atoms with Crippen LogP contribution in [0.5, 0.6) is 0 Å². The van der Waals surface area contributed by atoms with Crippen LogP contribution in [0.1, 0.15) is 50.5 Å². The summed E-state index contributed by atoms with van der Waals surface area (Å²) in [5.41, 5.74) is 3.17. The topological polar surface area (TPSA) is 90.5 Å². The molecule has 1 amide bonds. The number of carbonyl (C=O) groups excluding carboxylic acids is 2. The molecule has 1 aliphatic carbocycles. The molecule has 0 unspecified atom stereocenters. The second kappa shape index (κ2) is 6.93.